The van der Waals surface area contributed by atoms with E-state index in [0.717, 1.165) is 9.56 Å². The van der Waals surface area contributed by atoms with Crippen molar-refractivity contribution in [2.75, 3.05) is 0 Å². The van der Waals surface area contributed by atoms with Gasteiger partial charge < -0.3 is 5.48 Å². The summed E-state index contributed by atoms with van der Waals surface area (Å²) in [5.41, 5.74) is 0. The van der Waals surface area contributed by atoms with Gasteiger partial charge in [-0.15, -0.1) is 0 Å². The molecule has 0 bridgehead atoms. The van der Waals surface area contributed by atoms with E-state index >= 15 is 0 Å². The zero-order valence-electron chi connectivity index (χ0n) is 6.18. The molecule has 0 heterocycles. The van der Waals surface area contributed by atoms with Crippen molar-refractivity contribution in [2.24, 2.45) is 0 Å². The van der Waals surface area contributed by atoms with Crippen LogP contribution < -0.4 is 0 Å². The molecule has 0 unspecified atom stereocenters. The van der Waals surface area contributed by atoms with Crippen molar-refractivity contribution in [3.63, 3.8) is 0 Å². The van der Waals surface area contributed by atoms with Gasteiger partial charge in [0.1, 0.15) is 0 Å². The molecule has 0 aliphatic heterocycles. The van der Waals surface area contributed by atoms with E-state index < -0.39 is 0 Å². The Bertz CT molecular complexity index is 37.8. The van der Waals surface area contributed by atoms with Crippen molar-refractivity contribution in [3.8, 4) is 0 Å². The molecule has 0 fully saturated rings. The number of hydrogen-bond acceptors (Lipinski definition) is 1. The SMILES string of the molecule is C[CH](C)[Al+][CH](C)C.[OH-]. The fourth-order valence-corrected chi connectivity index (χ4v) is 2.31. The van der Waals surface area contributed by atoms with E-state index in [1.165, 1.54) is 0 Å². The Morgan fingerprint density at radius 1 is 0.875 bits per heavy atom. The first-order chi connectivity index (χ1) is 3.13. The monoisotopic (exact) mass is 130 g/mol. The van der Waals surface area contributed by atoms with Crippen molar-refractivity contribution in [3.05, 3.63) is 0 Å². The van der Waals surface area contributed by atoms with Crippen LogP contribution in [0.15, 0.2) is 0 Å². The smallest absolute Gasteiger partial charge is 0.870 e. The van der Waals surface area contributed by atoms with Crippen LogP contribution in [0.4, 0.5) is 0 Å². The Morgan fingerprint density at radius 3 is 1.12 bits per heavy atom. The molecule has 8 heavy (non-hydrogen) atoms. The van der Waals surface area contributed by atoms with Gasteiger partial charge in [-0.1, -0.05) is 0 Å². The largest absolute Gasteiger partial charge is 0.870 e. The summed E-state index contributed by atoms with van der Waals surface area (Å²) >= 11 is 0.713. The van der Waals surface area contributed by atoms with Crippen LogP contribution in [0.25, 0.3) is 0 Å². The summed E-state index contributed by atoms with van der Waals surface area (Å²) in [5.74, 6) is 0. The summed E-state index contributed by atoms with van der Waals surface area (Å²) in [4.78, 5) is 0. The van der Waals surface area contributed by atoms with Crippen molar-refractivity contribution in [1.82, 2.24) is 0 Å². The first kappa shape index (κ1) is 11.3. The third-order valence-electron chi connectivity index (χ3n) is 0.770. The average molecular weight is 130 g/mol. The molecule has 2 heteroatoms. The van der Waals surface area contributed by atoms with Crippen molar-refractivity contribution < 1.29 is 5.48 Å². The molecule has 0 atom stereocenters. The van der Waals surface area contributed by atoms with Gasteiger partial charge in [-0.3, -0.25) is 0 Å². The minimum Gasteiger partial charge on any atom is -0.870 e. The van der Waals surface area contributed by atoms with Crippen LogP contribution >= 0.6 is 0 Å². The third kappa shape index (κ3) is 9.70. The molecule has 0 aromatic rings. The second-order valence-electron chi connectivity index (χ2n) is 2.68. The quantitative estimate of drug-likeness (QED) is 0.527. The van der Waals surface area contributed by atoms with E-state index in [2.05, 4.69) is 27.7 Å². The van der Waals surface area contributed by atoms with Gasteiger partial charge in [-0.25, -0.2) is 0 Å². The van der Waals surface area contributed by atoms with Crippen LogP contribution in [0.3, 0.4) is 0 Å². The van der Waals surface area contributed by atoms with Crippen LogP contribution in [0.1, 0.15) is 27.7 Å². The molecule has 0 saturated heterocycles. The van der Waals surface area contributed by atoms with Gasteiger partial charge >= 0.3 is 52.5 Å². The molecule has 0 amide bonds. The average Bonchev–Trinajstić information content (AvgIpc) is 1.27. The minimum atomic E-state index is 0. The molecule has 0 saturated carbocycles. The molecule has 0 rings (SSSR count). The van der Waals surface area contributed by atoms with Crippen LogP contribution in [-0.2, 0) is 0 Å². The van der Waals surface area contributed by atoms with E-state index in [-0.39, 0.29) is 5.48 Å². The second-order valence-corrected chi connectivity index (χ2v) is 5.73. The molecule has 1 nitrogen and oxygen atoms in total. The Kier molecular flexibility index (Phi) is 7.95. The fourth-order valence-electron chi connectivity index (χ4n) is 0.770. The summed E-state index contributed by atoms with van der Waals surface area (Å²) in [6, 6.07) is 0. The third-order valence-corrected chi connectivity index (χ3v) is 2.31. The second kappa shape index (κ2) is 5.63. The predicted octanol–water partition coefficient (Wildman–Crippen LogP) is 2.17. The molecule has 0 aliphatic rings. The number of hydrogen-bond donors (Lipinski definition) is 0. The van der Waals surface area contributed by atoms with Gasteiger partial charge in [0.25, 0.3) is 0 Å². The zero-order chi connectivity index (χ0) is 5.86. The summed E-state index contributed by atoms with van der Waals surface area (Å²) in [5, 5.41) is 0. The van der Waals surface area contributed by atoms with Gasteiger partial charge in [0.2, 0.25) is 0 Å². The Morgan fingerprint density at radius 2 is 1.12 bits per heavy atom. The van der Waals surface area contributed by atoms with E-state index in [4.69, 9.17) is 0 Å². The standard InChI is InChI=1S/2C3H7.Al.H2O/c2*1-3-2;;/h2*3H,1-2H3;;1H2/q;;+1;/p-1. The Balaban J connectivity index is 0. The first-order valence-corrected chi connectivity index (χ1v) is 4.31. The Labute approximate surface area is 58.5 Å². The van der Waals surface area contributed by atoms with E-state index in [1.807, 2.05) is 0 Å². The number of rotatable bonds is 2. The van der Waals surface area contributed by atoms with E-state index in [0.29, 0.717) is 15.2 Å². The molecule has 48 valence electrons. The Hall–Kier alpha value is 0.492. The maximum absolute atomic E-state index is 2.30. The normalized spacial score (nSPS) is 8.75. The van der Waals surface area contributed by atoms with Gasteiger partial charge in [-0.2, -0.15) is 0 Å². The van der Waals surface area contributed by atoms with E-state index in [9.17, 15) is 0 Å². The summed E-state index contributed by atoms with van der Waals surface area (Å²) in [6.45, 7) is 9.20. The molecule has 0 aromatic carbocycles. The molecular formula is C6H15AlO. The summed E-state index contributed by atoms with van der Waals surface area (Å²) in [7, 11) is 0. The summed E-state index contributed by atoms with van der Waals surface area (Å²) < 4.78 is 1.92. The first-order valence-electron chi connectivity index (χ1n) is 2.98. The van der Waals surface area contributed by atoms with E-state index in [1.54, 1.807) is 0 Å². The molecule has 1 N–H and O–H groups in total. The maximum Gasteiger partial charge on any atom is -0.870 e. The van der Waals surface area contributed by atoms with Crippen molar-refractivity contribution in [2.45, 2.75) is 37.3 Å². The van der Waals surface area contributed by atoms with Gasteiger partial charge in [0.15, 0.2) is 0 Å². The maximum atomic E-state index is 2.30. The van der Waals surface area contributed by atoms with Gasteiger partial charge in [0.05, 0.1) is 0 Å². The minimum absolute atomic E-state index is 0. The van der Waals surface area contributed by atoms with Gasteiger partial charge in [0, 0.05) is 0 Å². The van der Waals surface area contributed by atoms with Crippen molar-refractivity contribution in [1.29, 1.82) is 0 Å². The van der Waals surface area contributed by atoms with Crippen LogP contribution in [0, 0.1) is 0 Å². The molecule has 0 radical (unpaired) electrons. The molecule has 0 spiro atoms. The molecule has 0 aromatic heterocycles. The van der Waals surface area contributed by atoms with Crippen LogP contribution in [0.2, 0.25) is 9.56 Å². The summed E-state index contributed by atoms with van der Waals surface area (Å²) in [6.07, 6.45) is 0. The van der Waals surface area contributed by atoms with Crippen LogP contribution in [-0.4, -0.2) is 20.7 Å². The fraction of sp³-hybridized carbons (Fsp3) is 1.00. The zero-order valence-corrected chi connectivity index (χ0v) is 7.33. The van der Waals surface area contributed by atoms with Crippen molar-refractivity contribution >= 4 is 15.2 Å². The predicted molar refractivity (Wildman–Crippen MR) is 37.9 cm³/mol. The van der Waals surface area contributed by atoms with Gasteiger partial charge in [-0.05, 0) is 0 Å². The topological polar surface area (TPSA) is 30.0 Å². The van der Waals surface area contributed by atoms with Crippen LogP contribution in [0.5, 0.6) is 0 Å². The molecular weight excluding hydrogens is 115 g/mol. The molecule has 0 aliphatic carbocycles.